The average molecular weight is 550 g/mol. The molecule has 4 heterocycles. The number of ether oxygens (including phenoxy) is 1. The van der Waals surface area contributed by atoms with Gasteiger partial charge in [-0.2, -0.15) is 9.36 Å². The van der Waals surface area contributed by atoms with Crippen LogP contribution >= 0.6 is 23.3 Å². The zero-order valence-electron chi connectivity index (χ0n) is 19.5. The van der Waals surface area contributed by atoms with E-state index in [-0.39, 0.29) is 48.7 Å². The number of carboxylic acids is 1. The molecule has 16 heteroatoms. The molecule has 0 bridgehead atoms. The van der Waals surface area contributed by atoms with Crippen molar-refractivity contribution in [3.63, 3.8) is 0 Å². The predicted molar refractivity (Wildman–Crippen MR) is 129 cm³/mol. The van der Waals surface area contributed by atoms with Gasteiger partial charge in [0.15, 0.2) is 24.1 Å². The fraction of sp³-hybridized carbons (Fsp3) is 0.381. The largest absolute Gasteiger partial charge is 0.543 e. The van der Waals surface area contributed by atoms with Crippen molar-refractivity contribution in [1.29, 1.82) is 0 Å². The third-order valence-corrected chi connectivity index (χ3v) is 7.16. The summed E-state index contributed by atoms with van der Waals surface area (Å²) in [6.07, 6.45) is 3.39. The van der Waals surface area contributed by atoms with Gasteiger partial charge in [-0.05, 0) is 6.92 Å². The van der Waals surface area contributed by atoms with Crippen LogP contribution in [0.4, 0.5) is 5.13 Å². The van der Waals surface area contributed by atoms with Gasteiger partial charge in [-0.25, -0.2) is 4.57 Å². The van der Waals surface area contributed by atoms with Gasteiger partial charge in [0, 0.05) is 35.0 Å². The van der Waals surface area contributed by atoms with Crippen molar-refractivity contribution >= 4 is 51.9 Å². The zero-order chi connectivity index (χ0) is 26.5. The van der Waals surface area contributed by atoms with E-state index in [1.54, 1.807) is 36.0 Å². The van der Waals surface area contributed by atoms with Gasteiger partial charge in [0.1, 0.15) is 30.4 Å². The molecule has 0 saturated carbocycles. The summed E-state index contributed by atoms with van der Waals surface area (Å²) in [4.78, 5) is 48.0. The van der Waals surface area contributed by atoms with Gasteiger partial charge in [-0.15, -0.1) is 11.8 Å². The summed E-state index contributed by atoms with van der Waals surface area (Å²) in [7, 11) is 0. The molecule has 4 rings (SSSR count). The minimum atomic E-state index is -1.48. The van der Waals surface area contributed by atoms with Gasteiger partial charge < -0.3 is 35.6 Å². The van der Waals surface area contributed by atoms with Crippen LogP contribution in [0, 0.1) is 0 Å². The summed E-state index contributed by atoms with van der Waals surface area (Å²) >= 11 is 2.19. The maximum atomic E-state index is 13.0. The van der Waals surface area contributed by atoms with Crippen molar-refractivity contribution in [2.24, 2.45) is 5.16 Å². The van der Waals surface area contributed by atoms with Crippen LogP contribution in [0.3, 0.4) is 0 Å². The van der Waals surface area contributed by atoms with Crippen molar-refractivity contribution in [3.8, 4) is 5.75 Å². The van der Waals surface area contributed by atoms with Crippen molar-refractivity contribution in [2.75, 3.05) is 31.3 Å². The van der Waals surface area contributed by atoms with Gasteiger partial charge in [0.25, 0.3) is 11.8 Å². The number of nitrogens with one attached hydrogen (secondary N) is 1. The Balaban J connectivity index is 1.49. The lowest BCUT2D eigenvalue weighted by Crippen LogP contribution is -2.71. The van der Waals surface area contributed by atoms with Crippen LogP contribution in [-0.2, 0) is 25.8 Å². The molecule has 4 N–H and O–H groups in total. The second kappa shape index (κ2) is 11.5. The van der Waals surface area contributed by atoms with Crippen LogP contribution in [0.2, 0.25) is 0 Å². The molecule has 2 amide bonds. The minimum Gasteiger partial charge on any atom is -0.543 e. The maximum absolute atomic E-state index is 13.0. The van der Waals surface area contributed by atoms with Crippen LogP contribution in [0.25, 0.3) is 0 Å². The highest BCUT2D eigenvalue weighted by atomic mass is 32.2. The van der Waals surface area contributed by atoms with E-state index < -0.39 is 29.2 Å². The first-order valence-corrected chi connectivity index (χ1v) is 12.9. The average Bonchev–Trinajstić information content (AvgIpc) is 3.32. The zero-order valence-corrected chi connectivity index (χ0v) is 21.2. The van der Waals surface area contributed by atoms with E-state index >= 15 is 0 Å². The highest BCUT2D eigenvalue weighted by molar-refractivity contribution is 8.00. The molecule has 0 aliphatic carbocycles. The van der Waals surface area contributed by atoms with E-state index in [2.05, 4.69) is 19.8 Å². The third kappa shape index (κ3) is 5.65. The maximum Gasteiger partial charge on any atom is 0.278 e. The Hall–Kier alpha value is -3.76. The molecule has 2 aliphatic heterocycles. The Morgan fingerprint density at radius 2 is 2.16 bits per heavy atom. The van der Waals surface area contributed by atoms with Crippen molar-refractivity contribution < 1.29 is 38.7 Å². The number of aliphatic hydroxyl groups excluding tert-OH is 1. The molecule has 0 spiro atoms. The number of oxime groups is 1. The molecule has 196 valence electrons. The fourth-order valence-electron chi connectivity index (χ4n) is 3.68. The molecule has 0 radical (unpaired) electrons. The number of nitrogens with zero attached hydrogens (tertiary/aromatic N) is 5. The quantitative estimate of drug-likeness (QED) is 0.117. The monoisotopic (exact) mass is 549 g/mol. The van der Waals surface area contributed by atoms with Gasteiger partial charge in [0.05, 0.1) is 18.3 Å². The van der Waals surface area contributed by atoms with Crippen molar-refractivity contribution in [1.82, 2.24) is 19.6 Å². The van der Waals surface area contributed by atoms with Crippen LogP contribution in [0.15, 0.2) is 41.0 Å². The molecular formula is C21H23N7O7S2. The van der Waals surface area contributed by atoms with Gasteiger partial charge in [0.2, 0.25) is 11.5 Å². The summed E-state index contributed by atoms with van der Waals surface area (Å²) in [5.74, 6) is -2.03. The summed E-state index contributed by atoms with van der Waals surface area (Å²) in [5, 5.41) is 26.7. The third-order valence-electron chi connectivity index (χ3n) is 5.27. The molecule has 2 atom stereocenters. The Labute approximate surface area is 218 Å². The van der Waals surface area contributed by atoms with Gasteiger partial charge in [-0.1, -0.05) is 5.16 Å². The Morgan fingerprint density at radius 1 is 1.41 bits per heavy atom. The predicted octanol–water partition coefficient (Wildman–Crippen LogP) is -2.38. The lowest BCUT2D eigenvalue weighted by molar-refractivity contribution is -0.689. The number of hydrogen-bond donors (Lipinski definition) is 3. The summed E-state index contributed by atoms with van der Waals surface area (Å²) in [6.45, 7) is 2.11. The Bertz CT molecular complexity index is 1250. The Morgan fingerprint density at radius 3 is 2.78 bits per heavy atom. The van der Waals surface area contributed by atoms with Crippen LogP contribution in [0.5, 0.6) is 5.75 Å². The van der Waals surface area contributed by atoms with Crippen LogP contribution in [0.1, 0.15) is 12.7 Å². The van der Waals surface area contributed by atoms with E-state index in [1.165, 1.54) is 11.8 Å². The molecule has 2 aromatic rings. The van der Waals surface area contributed by atoms with Crippen LogP contribution < -0.4 is 25.5 Å². The number of thioether (sulfide) groups is 1. The van der Waals surface area contributed by atoms with E-state index in [0.717, 1.165) is 16.4 Å². The number of amides is 2. The molecule has 14 nitrogen and oxygen atoms in total. The topological polar surface area (TPSA) is 196 Å². The van der Waals surface area contributed by atoms with Crippen molar-refractivity contribution in [3.05, 3.63) is 41.6 Å². The number of carbonyl (C=O) groups excluding carboxylic acids is 3. The molecule has 1 unspecified atom stereocenters. The number of nitrogens with two attached hydrogens (primary N) is 1. The number of anilines is 1. The normalized spacial score (nSPS) is 19.2. The molecule has 37 heavy (non-hydrogen) atoms. The first-order valence-electron chi connectivity index (χ1n) is 11.0. The first-order chi connectivity index (χ1) is 17.8. The second-order valence-electron chi connectivity index (χ2n) is 7.69. The summed E-state index contributed by atoms with van der Waals surface area (Å²) in [5.41, 5.74) is 5.61. The molecule has 1 fully saturated rings. The number of hydrogen-bond acceptors (Lipinski definition) is 13. The summed E-state index contributed by atoms with van der Waals surface area (Å²) < 4.78 is 11.0. The number of aliphatic hydroxyl groups is 1. The number of rotatable bonds is 11. The number of β-lactam (4-membered cyclic amide) rings is 1. The van der Waals surface area contributed by atoms with Gasteiger partial charge in [-0.3, -0.25) is 14.5 Å². The lowest BCUT2D eigenvalue weighted by Gasteiger charge is -2.50. The van der Waals surface area contributed by atoms with E-state index in [0.29, 0.717) is 17.1 Å². The van der Waals surface area contributed by atoms with Gasteiger partial charge >= 0.3 is 0 Å². The molecular weight excluding hydrogens is 526 g/mol. The van der Waals surface area contributed by atoms with Crippen LogP contribution in [-0.4, -0.2) is 79.8 Å². The SMILES string of the molecule is CCON=C(C(=O)NC1C(=O)N2C(C(=O)[O-])=C(C[n+]3ccc(OCCO)cc3)CS[C@H]12)c1nsc(N)n1. The minimum absolute atomic E-state index is 0.0456. The van der Waals surface area contributed by atoms with Crippen molar-refractivity contribution in [2.45, 2.75) is 24.9 Å². The lowest BCUT2D eigenvalue weighted by atomic mass is 10.0. The van der Waals surface area contributed by atoms with E-state index in [1.807, 2.05) is 0 Å². The number of carboxylic acid groups (broad SMARTS) is 1. The molecule has 2 aliphatic rings. The molecule has 0 aromatic carbocycles. The summed E-state index contributed by atoms with van der Waals surface area (Å²) in [6, 6.07) is 2.37. The number of aliphatic carboxylic acids is 1. The smallest absolute Gasteiger partial charge is 0.278 e. The number of fused-ring (bicyclic) bond motifs is 1. The molecule has 1 saturated heterocycles. The highest BCUT2D eigenvalue weighted by Crippen LogP contribution is 2.40. The van der Waals surface area contributed by atoms with E-state index in [4.69, 9.17) is 20.4 Å². The molecule has 2 aromatic heterocycles. The van der Waals surface area contributed by atoms with E-state index in [9.17, 15) is 19.5 Å². The first kappa shape index (κ1) is 26.3. The Kier molecular flexibility index (Phi) is 8.20. The number of pyridine rings is 1. The standard InChI is InChI=1S/C21H23N7O7S2/c1-2-35-25-13(16-24-21(22)37-26-16)17(30)23-14-18(31)28-15(20(32)33)11(10-36-19(14)28)9-27-5-3-12(4-6-27)34-8-7-29/h3-6,14,19,29H,2,7-10H2,1H3,(H3-,22,23,24,26,30,32,33)/t14?,19-/m1/s1. The fourth-order valence-corrected chi connectivity index (χ4v) is 5.45. The number of carbonyl (C=O) groups is 3. The number of aromatic nitrogens is 3. The second-order valence-corrected chi connectivity index (χ2v) is 9.58. The highest BCUT2D eigenvalue weighted by Gasteiger charge is 2.53. The number of nitrogen functional groups attached to an aromatic ring is 1.